The Labute approximate surface area is 145 Å². The fourth-order valence-corrected chi connectivity index (χ4v) is 3.14. The molecule has 3 aromatic rings. The first-order valence-corrected chi connectivity index (χ1v) is 8.51. The van der Waals surface area contributed by atoms with Crippen LogP contribution in [0, 0.1) is 5.92 Å². The molecule has 0 aliphatic heterocycles. The highest BCUT2D eigenvalue weighted by Gasteiger charge is 2.24. The van der Waals surface area contributed by atoms with Crippen LogP contribution in [0.3, 0.4) is 0 Å². The number of hydrogen-bond donors (Lipinski definition) is 1. The van der Waals surface area contributed by atoms with Crippen LogP contribution in [0.15, 0.2) is 30.6 Å². The van der Waals surface area contributed by atoms with E-state index in [0.29, 0.717) is 10.5 Å². The van der Waals surface area contributed by atoms with E-state index in [1.807, 2.05) is 22.9 Å². The Kier molecular flexibility index (Phi) is 3.58. The lowest BCUT2D eigenvalue weighted by Gasteiger charge is -2.18. The lowest BCUT2D eigenvalue weighted by molar-refractivity contribution is 0.0783. The van der Waals surface area contributed by atoms with Gasteiger partial charge in [-0.3, -0.25) is 4.98 Å². The molecule has 2 heterocycles. The quantitative estimate of drug-likeness (QED) is 0.783. The van der Waals surface area contributed by atoms with Gasteiger partial charge in [0, 0.05) is 35.6 Å². The van der Waals surface area contributed by atoms with Gasteiger partial charge in [0.1, 0.15) is 5.52 Å². The maximum Gasteiger partial charge on any atom is 0.132 e. The van der Waals surface area contributed by atoms with Crippen LogP contribution in [0.5, 0.6) is 0 Å². The molecular weight excluding hydrogens is 324 g/mol. The van der Waals surface area contributed by atoms with Gasteiger partial charge < -0.3 is 5.11 Å². The molecule has 0 atom stereocenters. The molecule has 124 valence electrons. The number of aromatic nitrogens is 4. The summed E-state index contributed by atoms with van der Waals surface area (Å²) in [6.07, 6.45) is 5.95. The minimum absolute atomic E-state index is 0.573. The van der Waals surface area contributed by atoms with Gasteiger partial charge in [0.2, 0.25) is 0 Å². The van der Waals surface area contributed by atoms with Gasteiger partial charge in [0.15, 0.2) is 0 Å². The average molecular weight is 343 g/mol. The van der Waals surface area contributed by atoms with Crippen molar-refractivity contribution in [3.05, 3.63) is 41.2 Å². The molecule has 0 radical (unpaired) electrons. The van der Waals surface area contributed by atoms with E-state index in [4.69, 9.17) is 11.6 Å². The number of fused-ring (bicyclic) bond motifs is 1. The van der Waals surface area contributed by atoms with Gasteiger partial charge in [-0.05, 0) is 44.7 Å². The molecule has 1 aliphatic carbocycles. The van der Waals surface area contributed by atoms with E-state index in [1.165, 1.54) is 12.8 Å². The van der Waals surface area contributed by atoms with Crippen molar-refractivity contribution in [1.29, 1.82) is 0 Å². The van der Waals surface area contributed by atoms with Gasteiger partial charge >= 0.3 is 0 Å². The zero-order chi connectivity index (χ0) is 16.9. The topological polar surface area (TPSA) is 63.8 Å². The second-order valence-corrected chi connectivity index (χ2v) is 7.41. The minimum Gasteiger partial charge on any atom is -0.386 e. The lowest BCUT2D eigenvalue weighted by atomic mass is 9.97. The van der Waals surface area contributed by atoms with Crippen molar-refractivity contribution in [2.24, 2.45) is 5.92 Å². The van der Waals surface area contributed by atoms with Gasteiger partial charge in [-0.15, -0.1) is 5.10 Å². The summed E-state index contributed by atoms with van der Waals surface area (Å²) in [5.41, 5.74) is 3.17. The Hall–Kier alpha value is -1.98. The summed E-state index contributed by atoms with van der Waals surface area (Å²) < 4.78 is 1.94. The number of halogens is 1. The van der Waals surface area contributed by atoms with Crippen LogP contribution < -0.4 is 0 Å². The summed E-state index contributed by atoms with van der Waals surface area (Å²) in [7, 11) is 0. The molecular formula is C18H19ClN4O. The molecule has 1 saturated carbocycles. The lowest BCUT2D eigenvalue weighted by Crippen LogP contribution is -2.15. The molecule has 24 heavy (non-hydrogen) atoms. The molecule has 6 heteroatoms. The molecule has 1 aliphatic rings. The van der Waals surface area contributed by atoms with Gasteiger partial charge in [-0.25, -0.2) is 4.68 Å². The number of hydrogen-bond acceptors (Lipinski definition) is 4. The van der Waals surface area contributed by atoms with Crippen LogP contribution >= 0.6 is 11.6 Å². The van der Waals surface area contributed by atoms with Gasteiger partial charge in [0.05, 0.1) is 16.1 Å². The largest absolute Gasteiger partial charge is 0.386 e. The van der Waals surface area contributed by atoms with E-state index in [0.717, 1.165) is 34.7 Å². The van der Waals surface area contributed by atoms with Crippen molar-refractivity contribution in [1.82, 2.24) is 20.0 Å². The average Bonchev–Trinajstić information content (AvgIpc) is 3.26. The molecule has 1 aromatic carbocycles. The van der Waals surface area contributed by atoms with Gasteiger partial charge in [-0.1, -0.05) is 22.9 Å². The zero-order valence-electron chi connectivity index (χ0n) is 13.7. The summed E-state index contributed by atoms with van der Waals surface area (Å²) in [5.74, 6) is 0.723. The normalized spacial score (nSPS) is 15.2. The Bertz CT molecular complexity index is 909. The summed E-state index contributed by atoms with van der Waals surface area (Å²) in [4.78, 5) is 4.24. The molecule has 2 aromatic heterocycles. The summed E-state index contributed by atoms with van der Waals surface area (Å²) >= 11 is 6.60. The Morgan fingerprint density at radius 1 is 1.29 bits per heavy atom. The van der Waals surface area contributed by atoms with Gasteiger partial charge in [-0.2, -0.15) is 0 Å². The SMILES string of the molecule is CC(C)(O)c1cncc(-c2ccc3c(nnn3CC3CC3)c2Cl)c1. The van der Waals surface area contributed by atoms with Crippen molar-refractivity contribution in [3.8, 4) is 11.1 Å². The third-order valence-corrected chi connectivity index (χ3v) is 4.89. The standard InChI is InChI=1S/C18H19ClN4O/c1-18(2,24)13-7-12(8-20-9-13)14-5-6-15-17(16(14)19)21-22-23(15)10-11-3-4-11/h5-9,11,24H,3-4,10H2,1-2H3. The van der Waals surface area contributed by atoms with Crippen molar-refractivity contribution >= 4 is 22.6 Å². The Morgan fingerprint density at radius 2 is 2.08 bits per heavy atom. The van der Waals surface area contributed by atoms with Crippen LogP contribution in [0.1, 0.15) is 32.3 Å². The monoisotopic (exact) mass is 342 g/mol. The van der Waals surface area contributed by atoms with Crippen molar-refractivity contribution in [3.63, 3.8) is 0 Å². The number of nitrogens with zero attached hydrogens (tertiary/aromatic N) is 4. The number of pyridine rings is 1. The number of rotatable bonds is 4. The first kappa shape index (κ1) is 15.5. The highest BCUT2D eigenvalue weighted by molar-refractivity contribution is 6.37. The van der Waals surface area contributed by atoms with E-state index in [1.54, 1.807) is 26.2 Å². The maximum absolute atomic E-state index is 10.2. The summed E-state index contributed by atoms with van der Waals surface area (Å²) in [6.45, 7) is 4.38. The highest BCUT2D eigenvalue weighted by atomic mass is 35.5. The van der Waals surface area contributed by atoms with E-state index in [-0.39, 0.29) is 0 Å². The fourth-order valence-electron chi connectivity index (χ4n) is 2.83. The summed E-state index contributed by atoms with van der Waals surface area (Å²) in [5, 5.41) is 19.3. The van der Waals surface area contributed by atoms with E-state index in [2.05, 4.69) is 15.3 Å². The van der Waals surface area contributed by atoms with E-state index < -0.39 is 5.60 Å². The number of aliphatic hydroxyl groups is 1. The third-order valence-electron chi connectivity index (χ3n) is 4.51. The van der Waals surface area contributed by atoms with E-state index >= 15 is 0 Å². The molecule has 0 spiro atoms. The first-order chi connectivity index (χ1) is 11.4. The van der Waals surface area contributed by atoms with Crippen LogP contribution in [0.25, 0.3) is 22.2 Å². The minimum atomic E-state index is -0.951. The molecule has 5 nitrogen and oxygen atoms in total. The molecule has 4 rings (SSSR count). The van der Waals surface area contributed by atoms with Crippen molar-refractivity contribution < 1.29 is 5.11 Å². The summed E-state index contributed by atoms with van der Waals surface area (Å²) in [6, 6.07) is 5.90. The van der Waals surface area contributed by atoms with Crippen molar-refractivity contribution in [2.75, 3.05) is 0 Å². The smallest absolute Gasteiger partial charge is 0.132 e. The molecule has 1 N–H and O–H groups in total. The predicted molar refractivity (Wildman–Crippen MR) is 93.7 cm³/mol. The molecule has 0 bridgehead atoms. The Morgan fingerprint density at radius 3 is 2.79 bits per heavy atom. The van der Waals surface area contributed by atoms with E-state index in [9.17, 15) is 5.11 Å². The highest BCUT2D eigenvalue weighted by Crippen LogP contribution is 2.36. The molecule has 0 amide bonds. The second-order valence-electron chi connectivity index (χ2n) is 7.03. The first-order valence-electron chi connectivity index (χ1n) is 8.13. The third kappa shape index (κ3) is 2.78. The molecule has 1 fully saturated rings. The van der Waals surface area contributed by atoms with Crippen molar-refractivity contribution in [2.45, 2.75) is 38.8 Å². The van der Waals surface area contributed by atoms with Crippen LogP contribution in [0.2, 0.25) is 5.02 Å². The maximum atomic E-state index is 10.2. The molecule has 0 saturated heterocycles. The van der Waals surface area contributed by atoms with Crippen LogP contribution in [-0.2, 0) is 12.1 Å². The predicted octanol–water partition coefficient (Wildman–Crippen LogP) is 3.78. The second kappa shape index (κ2) is 5.53. The fraction of sp³-hybridized carbons (Fsp3) is 0.389. The Balaban J connectivity index is 1.78. The molecule has 0 unspecified atom stereocenters. The van der Waals surface area contributed by atoms with Gasteiger partial charge in [0.25, 0.3) is 0 Å². The number of benzene rings is 1. The van der Waals surface area contributed by atoms with Crippen LogP contribution in [0.4, 0.5) is 0 Å². The van der Waals surface area contributed by atoms with Crippen LogP contribution in [-0.4, -0.2) is 25.1 Å². The zero-order valence-corrected chi connectivity index (χ0v) is 14.5.